The van der Waals surface area contributed by atoms with Crippen LogP contribution in [-0.4, -0.2) is 27.1 Å². The molecule has 0 aliphatic carbocycles. The summed E-state index contributed by atoms with van der Waals surface area (Å²) in [6.07, 6.45) is 0.0668. The molecule has 0 saturated carbocycles. The number of hydrogen-bond donors (Lipinski definition) is 2. The van der Waals surface area contributed by atoms with E-state index in [0.29, 0.717) is 17.0 Å². The van der Waals surface area contributed by atoms with Crippen LogP contribution in [0.2, 0.25) is 0 Å². The maximum Gasteiger partial charge on any atom is 0.352 e. The van der Waals surface area contributed by atoms with Crippen molar-refractivity contribution in [3.8, 4) is 17.0 Å². The molecule has 0 unspecified atom stereocenters. The Kier molecular flexibility index (Phi) is 3.84. The molecule has 0 spiro atoms. The second-order valence-electron chi connectivity index (χ2n) is 4.48. The van der Waals surface area contributed by atoms with Crippen LogP contribution in [0, 0.1) is 0 Å². The van der Waals surface area contributed by atoms with Crippen molar-refractivity contribution in [3.05, 3.63) is 46.5 Å². The minimum absolute atomic E-state index is 0.0668. The quantitative estimate of drug-likeness (QED) is 0.888. The van der Waals surface area contributed by atoms with Crippen LogP contribution >= 0.6 is 0 Å². The third-order valence-corrected chi connectivity index (χ3v) is 2.50. The lowest BCUT2D eigenvalue weighted by Crippen LogP contribution is -2.16. The summed E-state index contributed by atoms with van der Waals surface area (Å²) in [5.41, 5.74) is 0.0712. The molecule has 0 aliphatic rings. The fourth-order valence-corrected chi connectivity index (χ4v) is 1.70. The Morgan fingerprint density at radius 1 is 1.30 bits per heavy atom. The highest BCUT2D eigenvalue weighted by Crippen LogP contribution is 2.21. The monoisotopic (exact) mass is 274 g/mol. The van der Waals surface area contributed by atoms with Crippen LogP contribution in [0.3, 0.4) is 0 Å². The van der Waals surface area contributed by atoms with Gasteiger partial charge in [-0.15, -0.1) is 0 Å². The molecular formula is C14H14N2O4. The number of ether oxygens (including phenoxy) is 1. The lowest BCUT2D eigenvalue weighted by Gasteiger charge is -2.10. The van der Waals surface area contributed by atoms with Gasteiger partial charge in [0.2, 0.25) is 0 Å². The first-order valence-electron chi connectivity index (χ1n) is 6.07. The molecule has 6 nitrogen and oxygen atoms in total. The van der Waals surface area contributed by atoms with Crippen LogP contribution in [0.4, 0.5) is 0 Å². The number of nitrogens with one attached hydrogen (secondary N) is 1. The molecule has 0 aliphatic heterocycles. The van der Waals surface area contributed by atoms with Gasteiger partial charge in [0.15, 0.2) is 0 Å². The molecule has 1 heterocycles. The first-order chi connectivity index (χ1) is 9.45. The van der Waals surface area contributed by atoms with Gasteiger partial charge < -0.3 is 9.84 Å². The minimum atomic E-state index is -1.20. The molecule has 0 atom stereocenters. The Labute approximate surface area is 115 Å². The molecule has 1 aromatic carbocycles. The van der Waals surface area contributed by atoms with Crippen LogP contribution < -0.4 is 10.4 Å². The maximum absolute atomic E-state index is 11.3. The zero-order valence-electron chi connectivity index (χ0n) is 11.1. The smallest absolute Gasteiger partial charge is 0.352 e. The van der Waals surface area contributed by atoms with Gasteiger partial charge >= 0.3 is 11.7 Å². The van der Waals surface area contributed by atoms with Crippen molar-refractivity contribution in [3.63, 3.8) is 0 Å². The number of rotatable bonds is 4. The zero-order valence-corrected chi connectivity index (χ0v) is 11.1. The van der Waals surface area contributed by atoms with E-state index in [1.165, 1.54) is 6.07 Å². The fraction of sp³-hybridized carbons (Fsp3) is 0.214. The maximum atomic E-state index is 11.3. The molecule has 6 heteroatoms. The van der Waals surface area contributed by atoms with Crippen molar-refractivity contribution in [1.29, 1.82) is 0 Å². The molecule has 104 valence electrons. The Balaban J connectivity index is 2.36. The molecule has 20 heavy (non-hydrogen) atoms. The number of H-pyrrole nitrogens is 1. The van der Waals surface area contributed by atoms with Gasteiger partial charge in [-0.3, -0.25) is 4.98 Å². The number of carbonyl (C=O) groups is 1. The summed E-state index contributed by atoms with van der Waals surface area (Å²) < 4.78 is 5.51. The standard InChI is InChI=1S/C14H14N2O4/c1-8(2)20-10-5-3-9(4-6-10)11-7-12(13(17)18)16-14(19)15-11/h3-8H,1-2H3,(H,17,18)(H,15,16,19). The van der Waals surface area contributed by atoms with Crippen LogP contribution in [0.1, 0.15) is 24.3 Å². The van der Waals surface area contributed by atoms with Gasteiger partial charge in [0.05, 0.1) is 11.8 Å². The van der Waals surface area contributed by atoms with Crippen LogP contribution in [0.15, 0.2) is 35.1 Å². The summed E-state index contributed by atoms with van der Waals surface area (Å²) in [4.78, 5) is 28.2. The Hall–Kier alpha value is -2.63. The Morgan fingerprint density at radius 2 is 1.95 bits per heavy atom. The third kappa shape index (κ3) is 3.23. The van der Waals surface area contributed by atoms with Gasteiger partial charge in [0.1, 0.15) is 11.4 Å². The van der Waals surface area contributed by atoms with Crippen molar-refractivity contribution >= 4 is 5.97 Å². The van der Waals surface area contributed by atoms with Gasteiger partial charge in [0, 0.05) is 5.56 Å². The van der Waals surface area contributed by atoms with Gasteiger partial charge in [-0.2, -0.15) is 4.98 Å². The number of nitrogens with zero attached hydrogens (tertiary/aromatic N) is 1. The van der Waals surface area contributed by atoms with E-state index >= 15 is 0 Å². The first-order valence-corrected chi connectivity index (χ1v) is 6.07. The van der Waals surface area contributed by atoms with E-state index in [1.807, 2.05) is 13.8 Å². The molecule has 2 N–H and O–H groups in total. The van der Waals surface area contributed by atoms with Crippen molar-refractivity contribution in [2.75, 3.05) is 0 Å². The molecule has 2 rings (SSSR count). The largest absolute Gasteiger partial charge is 0.491 e. The molecule has 1 aromatic heterocycles. The number of aromatic amines is 1. The van der Waals surface area contributed by atoms with Crippen molar-refractivity contribution in [2.24, 2.45) is 0 Å². The van der Waals surface area contributed by atoms with E-state index in [-0.39, 0.29) is 11.8 Å². The number of carboxylic acids is 1. The molecule has 0 bridgehead atoms. The van der Waals surface area contributed by atoms with E-state index in [0.717, 1.165) is 0 Å². The predicted molar refractivity (Wildman–Crippen MR) is 73.0 cm³/mol. The first kappa shape index (κ1) is 13.8. The summed E-state index contributed by atoms with van der Waals surface area (Å²) in [6, 6.07) is 8.27. The lowest BCUT2D eigenvalue weighted by atomic mass is 10.1. The molecule has 0 saturated heterocycles. The number of aromatic nitrogens is 2. The Morgan fingerprint density at radius 3 is 2.50 bits per heavy atom. The fourth-order valence-electron chi connectivity index (χ4n) is 1.70. The van der Waals surface area contributed by atoms with Crippen molar-refractivity contribution in [2.45, 2.75) is 20.0 Å². The second-order valence-corrected chi connectivity index (χ2v) is 4.48. The highest BCUT2D eigenvalue weighted by atomic mass is 16.5. The van der Waals surface area contributed by atoms with E-state index in [2.05, 4.69) is 9.97 Å². The van der Waals surface area contributed by atoms with E-state index in [1.54, 1.807) is 24.3 Å². The topological polar surface area (TPSA) is 92.3 Å². The van der Waals surface area contributed by atoms with Crippen molar-refractivity contribution < 1.29 is 14.6 Å². The van der Waals surface area contributed by atoms with E-state index < -0.39 is 11.7 Å². The Bertz CT molecular complexity index is 674. The number of hydrogen-bond acceptors (Lipinski definition) is 4. The third-order valence-electron chi connectivity index (χ3n) is 2.50. The summed E-state index contributed by atoms with van der Waals surface area (Å²) in [5, 5.41) is 8.91. The number of carboxylic acid groups (broad SMARTS) is 1. The normalized spacial score (nSPS) is 10.6. The molecule has 0 amide bonds. The van der Waals surface area contributed by atoms with Crippen LogP contribution in [-0.2, 0) is 0 Å². The SMILES string of the molecule is CC(C)Oc1ccc(-c2cc(C(=O)O)[nH]c(=O)n2)cc1. The van der Waals surface area contributed by atoms with Crippen LogP contribution in [0.25, 0.3) is 11.3 Å². The number of benzene rings is 1. The van der Waals surface area contributed by atoms with E-state index in [9.17, 15) is 9.59 Å². The molecule has 2 aromatic rings. The average Bonchev–Trinajstić information content (AvgIpc) is 2.38. The lowest BCUT2D eigenvalue weighted by molar-refractivity contribution is 0.0690. The van der Waals surface area contributed by atoms with Gasteiger partial charge in [-0.1, -0.05) is 0 Å². The summed E-state index contributed by atoms with van der Waals surface area (Å²) in [6.45, 7) is 3.84. The summed E-state index contributed by atoms with van der Waals surface area (Å²) in [5.74, 6) is -0.502. The van der Waals surface area contributed by atoms with Gasteiger partial charge in [-0.25, -0.2) is 9.59 Å². The molecule has 0 fully saturated rings. The second kappa shape index (κ2) is 5.56. The summed E-state index contributed by atoms with van der Waals surface area (Å²) >= 11 is 0. The minimum Gasteiger partial charge on any atom is -0.491 e. The average molecular weight is 274 g/mol. The van der Waals surface area contributed by atoms with E-state index in [4.69, 9.17) is 9.84 Å². The number of aromatic carboxylic acids is 1. The zero-order chi connectivity index (χ0) is 14.7. The summed E-state index contributed by atoms with van der Waals surface area (Å²) in [7, 11) is 0. The van der Waals surface area contributed by atoms with Gasteiger partial charge in [0.25, 0.3) is 0 Å². The predicted octanol–water partition coefficient (Wildman–Crippen LogP) is 1.92. The van der Waals surface area contributed by atoms with Crippen molar-refractivity contribution in [1.82, 2.24) is 9.97 Å². The molecule has 0 radical (unpaired) electrons. The highest BCUT2D eigenvalue weighted by molar-refractivity contribution is 5.86. The molecular weight excluding hydrogens is 260 g/mol. The van der Waals surface area contributed by atoms with Gasteiger partial charge in [-0.05, 0) is 44.2 Å². The highest BCUT2D eigenvalue weighted by Gasteiger charge is 2.09. The van der Waals surface area contributed by atoms with Crippen LogP contribution in [0.5, 0.6) is 5.75 Å².